The van der Waals surface area contributed by atoms with Gasteiger partial charge in [0.2, 0.25) is 12.3 Å². The zero-order chi connectivity index (χ0) is 24.8. The number of carbonyl (C=O) groups excluding carboxylic acids is 2. The molecule has 5 nitrogen and oxygen atoms in total. The Morgan fingerprint density at radius 1 is 1.16 bits per heavy atom. The average molecular weight is 443 g/mol. The van der Waals surface area contributed by atoms with Gasteiger partial charge in [0, 0.05) is 13.1 Å². The molecular formula is C27H42N2O3. The van der Waals surface area contributed by atoms with Gasteiger partial charge in [-0.2, -0.15) is 0 Å². The highest BCUT2D eigenvalue weighted by atomic mass is 16.3. The quantitative estimate of drug-likeness (QED) is 0.260. The van der Waals surface area contributed by atoms with E-state index in [1.807, 2.05) is 44.7 Å². The Morgan fingerprint density at radius 2 is 1.69 bits per heavy atom. The number of primary amides is 1. The smallest absolute Gasteiger partial charge is 0.246 e. The highest BCUT2D eigenvalue weighted by Crippen LogP contribution is 2.38. The van der Waals surface area contributed by atoms with Crippen molar-refractivity contribution in [1.82, 2.24) is 4.90 Å². The highest BCUT2D eigenvalue weighted by Gasteiger charge is 2.35. The third-order valence-corrected chi connectivity index (χ3v) is 5.07. The van der Waals surface area contributed by atoms with Crippen LogP contribution in [0.15, 0.2) is 79.1 Å². The number of allylic oxidation sites excluding steroid dienone is 5. The first-order chi connectivity index (χ1) is 15.4. The zero-order valence-electron chi connectivity index (χ0n) is 20.5. The molecule has 0 saturated carbocycles. The van der Waals surface area contributed by atoms with Gasteiger partial charge in [0.15, 0.2) is 0 Å². The highest BCUT2D eigenvalue weighted by molar-refractivity contribution is 5.87. The fraction of sp³-hybridized carbons (Fsp3) is 0.407. The minimum Gasteiger partial charge on any atom is -0.508 e. The van der Waals surface area contributed by atoms with Crippen molar-refractivity contribution in [3.63, 3.8) is 0 Å². The average Bonchev–Trinajstić information content (AvgIpc) is 2.85. The van der Waals surface area contributed by atoms with E-state index in [0.29, 0.717) is 0 Å². The molecule has 0 aliphatic carbocycles. The Morgan fingerprint density at radius 3 is 2.09 bits per heavy atom. The van der Waals surface area contributed by atoms with Gasteiger partial charge >= 0.3 is 0 Å². The first-order valence-electron chi connectivity index (χ1n) is 11.2. The predicted molar refractivity (Wildman–Crippen MR) is 136 cm³/mol. The van der Waals surface area contributed by atoms with Gasteiger partial charge in [-0.05, 0) is 62.3 Å². The van der Waals surface area contributed by atoms with E-state index < -0.39 is 0 Å². The fourth-order valence-electron chi connectivity index (χ4n) is 3.30. The van der Waals surface area contributed by atoms with Crippen molar-refractivity contribution >= 4 is 12.3 Å². The molecule has 0 atom stereocenters. The maximum absolute atomic E-state index is 11.9. The molecule has 1 aromatic rings. The predicted octanol–water partition coefficient (Wildman–Crippen LogP) is 5.85. The van der Waals surface area contributed by atoms with Crippen LogP contribution in [0, 0.1) is 0 Å². The van der Waals surface area contributed by atoms with Crippen LogP contribution < -0.4 is 5.73 Å². The van der Waals surface area contributed by atoms with Gasteiger partial charge in [-0.15, -0.1) is 0 Å². The maximum Gasteiger partial charge on any atom is 0.246 e. The van der Waals surface area contributed by atoms with E-state index >= 15 is 0 Å². The minimum absolute atomic E-state index is 0.153. The van der Waals surface area contributed by atoms with E-state index in [1.165, 1.54) is 11.6 Å². The summed E-state index contributed by atoms with van der Waals surface area (Å²) in [6.45, 7) is 15.1. The summed E-state index contributed by atoms with van der Waals surface area (Å²) in [5.41, 5.74) is 5.85. The van der Waals surface area contributed by atoms with E-state index in [0.717, 1.165) is 32.4 Å². The van der Waals surface area contributed by atoms with Crippen LogP contribution in [-0.4, -0.2) is 35.4 Å². The monoisotopic (exact) mass is 442 g/mol. The molecule has 178 valence electrons. The summed E-state index contributed by atoms with van der Waals surface area (Å²) >= 11 is 0. The summed E-state index contributed by atoms with van der Waals surface area (Å²) in [6, 6.07) is 10.8. The summed E-state index contributed by atoms with van der Waals surface area (Å²) in [5.74, 6) is 0.350. The molecule has 0 spiro atoms. The number of aliphatic hydroxyl groups excluding tert-OH is 1. The van der Waals surface area contributed by atoms with Gasteiger partial charge in [0.25, 0.3) is 0 Å². The Bertz CT molecular complexity index is 714. The molecule has 0 unspecified atom stereocenters. The summed E-state index contributed by atoms with van der Waals surface area (Å²) < 4.78 is 0. The molecule has 1 aromatic carbocycles. The number of aliphatic hydroxyl groups is 1. The molecule has 1 fully saturated rings. The SMILES string of the molecule is C/C=C/C(=O)N1CCC(CC)(c2ccccc2)CC1.C=C/C(O)=C\C=C\C.CC.NC=O. The first kappa shape index (κ1) is 31.1. The van der Waals surface area contributed by atoms with Crippen LogP contribution in [0.5, 0.6) is 0 Å². The molecule has 0 radical (unpaired) electrons. The van der Waals surface area contributed by atoms with Crippen LogP contribution in [0.25, 0.3) is 0 Å². The van der Waals surface area contributed by atoms with Crippen LogP contribution >= 0.6 is 0 Å². The minimum atomic E-state index is 0.153. The van der Waals surface area contributed by atoms with Crippen molar-refractivity contribution in [2.45, 2.75) is 59.3 Å². The Labute approximate surface area is 195 Å². The van der Waals surface area contributed by atoms with Gasteiger partial charge in [0.05, 0.1) is 0 Å². The normalized spacial score (nSPS) is 14.8. The molecule has 2 rings (SSSR count). The van der Waals surface area contributed by atoms with Crippen LogP contribution in [0.1, 0.15) is 59.4 Å². The number of hydrogen-bond acceptors (Lipinski definition) is 3. The lowest BCUT2D eigenvalue weighted by Crippen LogP contribution is -2.44. The van der Waals surface area contributed by atoms with Crippen LogP contribution in [0.3, 0.4) is 0 Å². The molecule has 0 aromatic heterocycles. The van der Waals surface area contributed by atoms with E-state index in [1.54, 1.807) is 18.2 Å². The van der Waals surface area contributed by atoms with Gasteiger partial charge < -0.3 is 15.7 Å². The number of nitrogens with two attached hydrogens (primary N) is 1. The lowest BCUT2D eigenvalue weighted by molar-refractivity contribution is -0.127. The van der Waals surface area contributed by atoms with Gasteiger partial charge in [-0.1, -0.05) is 75.9 Å². The number of hydrogen-bond donors (Lipinski definition) is 2. The number of carbonyl (C=O) groups is 2. The van der Waals surface area contributed by atoms with E-state index in [9.17, 15) is 4.79 Å². The summed E-state index contributed by atoms with van der Waals surface area (Å²) in [4.78, 5) is 22.4. The van der Waals surface area contributed by atoms with Crippen LogP contribution in [0.2, 0.25) is 0 Å². The number of piperidine rings is 1. The van der Waals surface area contributed by atoms with Crippen molar-refractivity contribution in [2.24, 2.45) is 5.73 Å². The third-order valence-electron chi connectivity index (χ3n) is 5.07. The topological polar surface area (TPSA) is 83.6 Å². The van der Waals surface area contributed by atoms with E-state index in [-0.39, 0.29) is 23.5 Å². The molecule has 0 bridgehead atoms. The summed E-state index contributed by atoms with van der Waals surface area (Å²) in [7, 11) is 0. The molecule has 3 N–H and O–H groups in total. The standard InChI is InChI=1S/C17H23NO.C7H10O.C2H6.CH3NO/c1-3-8-16(19)18-13-11-17(4-2,12-14-18)15-9-6-5-7-10-15;1-3-5-6-7(8)4-2;1-2;2-1-3/h3,5-10H,4,11-14H2,1-2H3;3-6,8H,2H2,1H3;1-2H3;1H,(H2,2,3)/b8-3+;5-3+,7-6+;;. The lowest BCUT2D eigenvalue weighted by Gasteiger charge is -2.41. The zero-order valence-corrected chi connectivity index (χ0v) is 20.5. The second kappa shape index (κ2) is 19.9. The molecule has 2 amide bonds. The molecule has 1 saturated heterocycles. The number of amides is 2. The maximum atomic E-state index is 11.9. The molecule has 1 aliphatic rings. The molecular weight excluding hydrogens is 400 g/mol. The number of nitrogens with zero attached hydrogens (tertiary/aromatic N) is 1. The molecule has 1 heterocycles. The second-order valence-corrected chi connectivity index (χ2v) is 6.78. The van der Waals surface area contributed by atoms with Crippen molar-refractivity contribution in [2.75, 3.05) is 13.1 Å². The van der Waals surface area contributed by atoms with Crippen molar-refractivity contribution in [3.05, 3.63) is 84.7 Å². The van der Waals surface area contributed by atoms with Crippen molar-refractivity contribution in [3.8, 4) is 0 Å². The lowest BCUT2D eigenvalue weighted by atomic mass is 9.71. The number of benzene rings is 1. The van der Waals surface area contributed by atoms with Gasteiger partial charge in [-0.25, -0.2) is 0 Å². The third kappa shape index (κ3) is 11.9. The Hall–Kier alpha value is -3.08. The van der Waals surface area contributed by atoms with Gasteiger partial charge in [0.1, 0.15) is 5.76 Å². The number of rotatable bonds is 5. The van der Waals surface area contributed by atoms with Crippen LogP contribution in [0.4, 0.5) is 0 Å². The number of likely N-dealkylation sites (tertiary alicyclic amines) is 1. The van der Waals surface area contributed by atoms with E-state index in [4.69, 9.17) is 9.90 Å². The largest absolute Gasteiger partial charge is 0.508 e. The second-order valence-electron chi connectivity index (χ2n) is 6.78. The van der Waals surface area contributed by atoms with Crippen molar-refractivity contribution < 1.29 is 14.7 Å². The van der Waals surface area contributed by atoms with Gasteiger partial charge in [-0.3, -0.25) is 9.59 Å². The fourth-order valence-corrected chi connectivity index (χ4v) is 3.30. The molecule has 1 aliphatic heterocycles. The Balaban J connectivity index is 0. The first-order valence-corrected chi connectivity index (χ1v) is 11.2. The summed E-state index contributed by atoms with van der Waals surface area (Å²) in [5, 5.41) is 8.68. The molecule has 5 heteroatoms. The van der Waals surface area contributed by atoms with E-state index in [2.05, 4.69) is 49.6 Å². The Kier molecular flexibility index (Phi) is 19.3. The van der Waals surface area contributed by atoms with Crippen LogP contribution in [-0.2, 0) is 15.0 Å². The summed E-state index contributed by atoms with van der Waals surface area (Å²) in [6.07, 6.45) is 13.6. The molecule has 32 heavy (non-hydrogen) atoms. The van der Waals surface area contributed by atoms with Crippen molar-refractivity contribution in [1.29, 1.82) is 0 Å².